The van der Waals surface area contributed by atoms with Crippen LogP contribution >= 0.6 is 15.9 Å². The van der Waals surface area contributed by atoms with Crippen molar-refractivity contribution in [2.45, 2.75) is 13.8 Å². The molecule has 0 radical (unpaired) electrons. The first kappa shape index (κ1) is 23.2. The Balaban J connectivity index is 2.05. The molecule has 164 valence electrons. The van der Waals surface area contributed by atoms with Crippen molar-refractivity contribution in [3.05, 3.63) is 62.8 Å². The van der Waals surface area contributed by atoms with Gasteiger partial charge in [-0.15, -0.1) is 0 Å². The Labute approximate surface area is 192 Å². The molecule has 0 saturated heterocycles. The second kappa shape index (κ2) is 9.77. The standard InChI is InChI=1S/C23H19BrN2O6/c1-3-31-23(30)18-10-14(24)4-6-16(18)20-7-5-15(32-20)11-17-13(2)19(12-25)22(29)26(8-9-27)21(17)28/h4-7,10-11,27H,3,8-9H2,1-2H3/b17-11+. The highest BCUT2D eigenvalue weighted by atomic mass is 79.9. The summed E-state index contributed by atoms with van der Waals surface area (Å²) in [5, 5.41) is 18.6. The van der Waals surface area contributed by atoms with Crippen LogP contribution in [0.4, 0.5) is 0 Å². The minimum atomic E-state index is -0.740. The van der Waals surface area contributed by atoms with E-state index in [-0.39, 0.29) is 35.6 Å². The van der Waals surface area contributed by atoms with Crippen LogP contribution in [0.15, 0.2) is 55.9 Å². The van der Waals surface area contributed by atoms with E-state index in [1.807, 2.05) is 6.07 Å². The monoisotopic (exact) mass is 498 g/mol. The number of nitriles is 1. The minimum absolute atomic E-state index is 0.108. The number of carbonyl (C=O) groups excluding carboxylic acids is 3. The fourth-order valence-electron chi connectivity index (χ4n) is 3.26. The van der Waals surface area contributed by atoms with E-state index in [1.54, 1.807) is 37.3 Å². The van der Waals surface area contributed by atoms with E-state index in [2.05, 4.69) is 15.9 Å². The summed E-state index contributed by atoms with van der Waals surface area (Å²) in [6.45, 7) is 2.79. The molecule has 3 rings (SSSR count). The first-order chi connectivity index (χ1) is 15.3. The van der Waals surface area contributed by atoms with Crippen molar-refractivity contribution in [3.63, 3.8) is 0 Å². The van der Waals surface area contributed by atoms with Crippen molar-refractivity contribution in [1.82, 2.24) is 4.90 Å². The highest BCUT2D eigenvalue weighted by Gasteiger charge is 2.35. The number of benzene rings is 1. The Morgan fingerprint density at radius 2 is 2.03 bits per heavy atom. The topological polar surface area (TPSA) is 121 Å². The van der Waals surface area contributed by atoms with Gasteiger partial charge in [-0.25, -0.2) is 4.79 Å². The molecule has 9 heteroatoms. The number of hydrogen-bond donors (Lipinski definition) is 1. The fourth-order valence-corrected chi connectivity index (χ4v) is 3.62. The third-order valence-corrected chi connectivity index (χ3v) is 5.30. The zero-order valence-electron chi connectivity index (χ0n) is 17.3. The first-order valence-electron chi connectivity index (χ1n) is 9.69. The summed E-state index contributed by atoms with van der Waals surface area (Å²) in [5.74, 6) is -1.21. The molecular weight excluding hydrogens is 480 g/mol. The summed E-state index contributed by atoms with van der Waals surface area (Å²) in [4.78, 5) is 38.3. The van der Waals surface area contributed by atoms with Crippen LogP contribution in [0.2, 0.25) is 0 Å². The highest BCUT2D eigenvalue weighted by molar-refractivity contribution is 9.10. The summed E-state index contributed by atoms with van der Waals surface area (Å²) in [6.07, 6.45) is 1.43. The van der Waals surface area contributed by atoms with Crippen LogP contribution in [0.3, 0.4) is 0 Å². The molecule has 32 heavy (non-hydrogen) atoms. The molecule has 2 amide bonds. The fraction of sp³-hybridized carbons (Fsp3) is 0.217. The predicted octanol–water partition coefficient (Wildman–Crippen LogP) is 3.47. The lowest BCUT2D eigenvalue weighted by Gasteiger charge is -2.26. The number of ether oxygens (including phenoxy) is 1. The van der Waals surface area contributed by atoms with Crippen LogP contribution in [0.25, 0.3) is 17.4 Å². The third kappa shape index (κ3) is 4.42. The van der Waals surface area contributed by atoms with Gasteiger partial charge < -0.3 is 14.3 Å². The Bertz CT molecular complexity index is 1200. The average molecular weight is 499 g/mol. The van der Waals surface area contributed by atoms with Gasteiger partial charge in [-0.05, 0) is 55.8 Å². The van der Waals surface area contributed by atoms with Gasteiger partial charge in [0.1, 0.15) is 23.2 Å². The number of halogens is 1. The van der Waals surface area contributed by atoms with Crippen LogP contribution in [0.5, 0.6) is 0 Å². The summed E-state index contributed by atoms with van der Waals surface area (Å²) in [5.41, 5.74) is 0.982. The van der Waals surface area contributed by atoms with Crippen LogP contribution in [0.1, 0.15) is 30.0 Å². The number of rotatable bonds is 6. The Kier molecular flexibility index (Phi) is 7.08. The summed E-state index contributed by atoms with van der Waals surface area (Å²) in [7, 11) is 0. The van der Waals surface area contributed by atoms with E-state index in [0.29, 0.717) is 21.4 Å². The normalized spacial score (nSPS) is 15.3. The van der Waals surface area contributed by atoms with E-state index in [0.717, 1.165) is 4.90 Å². The minimum Gasteiger partial charge on any atom is -0.462 e. The second-order valence-electron chi connectivity index (χ2n) is 6.77. The molecule has 0 aliphatic carbocycles. The molecule has 2 heterocycles. The number of carbonyl (C=O) groups is 3. The first-order valence-corrected chi connectivity index (χ1v) is 10.5. The molecular formula is C23H19BrN2O6. The Morgan fingerprint density at radius 3 is 2.69 bits per heavy atom. The van der Waals surface area contributed by atoms with Crippen molar-refractivity contribution in [2.75, 3.05) is 19.8 Å². The average Bonchev–Trinajstić information content (AvgIpc) is 3.23. The molecule has 2 aromatic rings. The van der Waals surface area contributed by atoms with Gasteiger partial charge in [-0.2, -0.15) is 5.26 Å². The van der Waals surface area contributed by atoms with Gasteiger partial charge >= 0.3 is 5.97 Å². The number of imide groups is 1. The highest BCUT2D eigenvalue weighted by Crippen LogP contribution is 2.31. The number of β-amino-alcohol motifs (C(OH)–C–C–N with tert-alkyl or cyclic N) is 1. The molecule has 1 N–H and O–H groups in total. The van der Waals surface area contributed by atoms with Crippen molar-refractivity contribution >= 4 is 39.8 Å². The lowest BCUT2D eigenvalue weighted by molar-refractivity contribution is -0.141. The third-order valence-electron chi connectivity index (χ3n) is 4.80. The molecule has 0 spiro atoms. The Hall–Kier alpha value is -3.48. The van der Waals surface area contributed by atoms with Gasteiger partial charge in [0.15, 0.2) is 0 Å². The number of aliphatic hydroxyl groups is 1. The smallest absolute Gasteiger partial charge is 0.338 e. The van der Waals surface area contributed by atoms with E-state index in [9.17, 15) is 24.8 Å². The summed E-state index contributed by atoms with van der Waals surface area (Å²) >= 11 is 3.34. The molecule has 0 bridgehead atoms. The molecule has 1 aliphatic heterocycles. The van der Waals surface area contributed by atoms with Gasteiger partial charge in [0.05, 0.1) is 25.3 Å². The van der Waals surface area contributed by atoms with Crippen LogP contribution in [-0.2, 0) is 14.3 Å². The maximum atomic E-state index is 12.8. The van der Waals surface area contributed by atoms with Gasteiger partial charge in [-0.1, -0.05) is 15.9 Å². The van der Waals surface area contributed by atoms with Gasteiger partial charge in [0.2, 0.25) is 0 Å². The van der Waals surface area contributed by atoms with E-state index >= 15 is 0 Å². The van der Waals surface area contributed by atoms with Crippen molar-refractivity contribution in [3.8, 4) is 17.4 Å². The number of aliphatic hydroxyl groups excluding tert-OH is 1. The second-order valence-corrected chi connectivity index (χ2v) is 7.68. The molecule has 1 aliphatic rings. The molecule has 8 nitrogen and oxygen atoms in total. The zero-order valence-corrected chi connectivity index (χ0v) is 18.9. The van der Waals surface area contributed by atoms with Gasteiger partial charge in [0, 0.05) is 15.6 Å². The molecule has 1 aromatic heterocycles. The van der Waals surface area contributed by atoms with E-state index < -0.39 is 24.4 Å². The number of furan rings is 1. The SMILES string of the molecule is CCOC(=O)c1cc(Br)ccc1-c1ccc(/C=C2/C(=O)N(CCO)C(=O)C(C#N)=C2C)o1. The van der Waals surface area contributed by atoms with E-state index in [4.69, 9.17) is 9.15 Å². The lowest BCUT2D eigenvalue weighted by atomic mass is 9.95. The quantitative estimate of drug-likeness (QED) is 0.367. The maximum Gasteiger partial charge on any atom is 0.338 e. The van der Waals surface area contributed by atoms with Crippen LogP contribution in [-0.4, -0.2) is 47.5 Å². The van der Waals surface area contributed by atoms with Gasteiger partial charge in [-0.3, -0.25) is 14.5 Å². The molecule has 0 saturated carbocycles. The number of amides is 2. The molecule has 0 unspecified atom stereocenters. The maximum absolute atomic E-state index is 12.8. The molecule has 1 aromatic carbocycles. The number of hydrogen-bond acceptors (Lipinski definition) is 7. The van der Waals surface area contributed by atoms with Crippen molar-refractivity contribution < 1.29 is 28.6 Å². The number of esters is 1. The molecule has 0 atom stereocenters. The zero-order chi connectivity index (χ0) is 23.4. The van der Waals surface area contributed by atoms with Gasteiger partial charge in [0.25, 0.3) is 11.8 Å². The number of nitrogens with zero attached hydrogens (tertiary/aromatic N) is 2. The van der Waals surface area contributed by atoms with Crippen LogP contribution in [0, 0.1) is 11.3 Å². The van der Waals surface area contributed by atoms with E-state index in [1.165, 1.54) is 13.0 Å². The van der Waals surface area contributed by atoms with Crippen molar-refractivity contribution in [1.29, 1.82) is 5.26 Å². The largest absolute Gasteiger partial charge is 0.462 e. The summed E-state index contributed by atoms with van der Waals surface area (Å²) < 4.78 is 11.7. The predicted molar refractivity (Wildman–Crippen MR) is 118 cm³/mol. The lowest BCUT2D eigenvalue weighted by Crippen LogP contribution is -2.44. The summed E-state index contributed by atoms with van der Waals surface area (Å²) in [6, 6.07) is 10.2. The Morgan fingerprint density at radius 1 is 1.28 bits per heavy atom. The molecule has 0 fully saturated rings. The van der Waals surface area contributed by atoms with Crippen LogP contribution < -0.4 is 0 Å². The van der Waals surface area contributed by atoms with Crippen molar-refractivity contribution in [2.24, 2.45) is 0 Å².